The minimum absolute atomic E-state index is 0.148. The van der Waals surface area contributed by atoms with Crippen LogP contribution >= 0.6 is 39.1 Å². The molecule has 2 N–H and O–H groups in total. The number of ether oxygens (including phenoxy) is 1. The number of carbonyl (C=O) groups is 2. The van der Waals surface area contributed by atoms with Gasteiger partial charge in [-0.2, -0.15) is 5.10 Å². The Kier molecular flexibility index (Phi) is 9.72. The molecule has 1 atom stereocenters. The zero-order chi connectivity index (χ0) is 25.4. The van der Waals surface area contributed by atoms with Gasteiger partial charge in [0.2, 0.25) is 0 Å². The smallest absolute Gasteiger partial charge is 0.262 e. The molecule has 0 heterocycles. The molecule has 0 aliphatic carbocycles. The molecule has 3 aromatic carbocycles. The molecule has 0 fully saturated rings. The van der Waals surface area contributed by atoms with E-state index in [0.29, 0.717) is 28.0 Å². The fourth-order valence-electron chi connectivity index (χ4n) is 3.09. The second-order valence-corrected chi connectivity index (χ2v) is 9.70. The van der Waals surface area contributed by atoms with Crippen LogP contribution in [0.5, 0.6) is 5.75 Å². The largest absolute Gasteiger partial charge is 0.488 e. The number of nitrogens with zero attached hydrogens (tertiary/aromatic N) is 1. The number of nitrogens with one attached hydrogen (secondary N) is 2. The first-order valence-corrected chi connectivity index (χ1v) is 12.3. The molecule has 0 radical (unpaired) electrons. The van der Waals surface area contributed by atoms with Crippen molar-refractivity contribution in [1.29, 1.82) is 0 Å². The van der Waals surface area contributed by atoms with E-state index in [1.54, 1.807) is 30.3 Å². The maximum atomic E-state index is 12.7. The fraction of sp³-hybridized carbons (Fsp3) is 0.192. The van der Waals surface area contributed by atoms with Crippen LogP contribution in [0.2, 0.25) is 10.0 Å². The molecule has 0 saturated carbocycles. The number of benzene rings is 3. The van der Waals surface area contributed by atoms with Gasteiger partial charge < -0.3 is 10.1 Å². The van der Waals surface area contributed by atoms with Crippen LogP contribution < -0.4 is 15.5 Å². The predicted octanol–water partition coefficient (Wildman–Crippen LogP) is 6.24. The maximum Gasteiger partial charge on any atom is 0.262 e. The van der Waals surface area contributed by atoms with Gasteiger partial charge in [0.15, 0.2) is 0 Å². The Balaban J connectivity index is 1.57. The summed E-state index contributed by atoms with van der Waals surface area (Å²) in [5.41, 5.74) is 4.54. The zero-order valence-electron chi connectivity index (χ0n) is 19.1. The molecule has 3 rings (SSSR count). The first kappa shape index (κ1) is 26.7. The minimum atomic E-state index is -0.761. The highest BCUT2D eigenvalue weighted by Gasteiger charge is 2.24. The van der Waals surface area contributed by atoms with Crippen LogP contribution in [0, 0.1) is 5.92 Å². The van der Waals surface area contributed by atoms with Crippen molar-refractivity contribution in [3.8, 4) is 5.75 Å². The number of hydrogen-bond acceptors (Lipinski definition) is 4. The topological polar surface area (TPSA) is 79.8 Å². The molecule has 9 heteroatoms. The standard InChI is InChI=1S/C26H24BrCl2N3O3/c1-16(2)24(31-25(33)18-8-10-20(28)11-9-18)26(34)32-30-14-17-7-12-23(21(27)13-17)35-15-19-5-3-4-6-22(19)29/h3-14,16,24H,15H2,1-2H3,(H,31,33)(H,32,34)/b30-14-. The number of carbonyl (C=O) groups excluding carboxylic acids is 2. The second kappa shape index (κ2) is 12.7. The summed E-state index contributed by atoms with van der Waals surface area (Å²) >= 11 is 15.5. The van der Waals surface area contributed by atoms with E-state index in [4.69, 9.17) is 27.9 Å². The van der Waals surface area contributed by atoms with E-state index in [2.05, 4.69) is 31.8 Å². The van der Waals surface area contributed by atoms with Crippen LogP contribution in [0.4, 0.5) is 0 Å². The van der Waals surface area contributed by atoms with Crippen LogP contribution in [0.3, 0.4) is 0 Å². The lowest BCUT2D eigenvalue weighted by atomic mass is 10.0. The summed E-state index contributed by atoms with van der Waals surface area (Å²) in [5, 5.41) is 7.96. The van der Waals surface area contributed by atoms with E-state index in [1.165, 1.54) is 6.21 Å². The number of rotatable bonds is 9. The molecular formula is C26H24BrCl2N3O3. The van der Waals surface area contributed by atoms with Gasteiger partial charge in [0.05, 0.1) is 10.7 Å². The average Bonchev–Trinajstić information content (AvgIpc) is 2.83. The van der Waals surface area contributed by atoms with E-state index < -0.39 is 11.9 Å². The van der Waals surface area contributed by atoms with Crippen molar-refractivity contribution < 1.29 is 14.3 Å². The van der Waals surface area contributed by atoms with Crippen LogP contribution in [-0.2, 0) is 11.4 Å². The molecule has 0 bridgehead atoms. The lowest BCUT2D eigenvalue weighted by molar-refractivity contribution is -0.123. The molecule has 1 unspecified atom stereocenters. The molecule has 0 saturated heterocycles. The molecule has 2 amide bonds. The summed E-state index contributed by atoms with van der Waals surface area (Å²) in [6, 6.07) is 18.6. The Bertz CT molecular complexity index is 1220. The summed E-state index contributed by atoms with van der Waals surface area (Å²) in [4.78, 5) is 25.2. The SMILES string of the molecule is CC(C)C(NC(=O)c1ccc(Cl)cc1)C(=O)N/N=C\c1ccc(OCc2ccccc2Cl)c(Br)c1. The maximum absolute atomic E-state index is 12.7. The van der Waals surface area contributed by atoms with Crippen molar-refractivity contribution in [3.05, 3.63) is 97.9 Å². The van der Waals surface area contributed by atoms with Gasteiger partial charge in [-0.05, 0) is 75.9 Å². The lowest BCUT2D eigenvalue weighted by Crippen LogP contribution is -2.48. The summed E-state index contributed by atoms with van der Waals surface area (Å²) < 4.78 is 6.58. The highest BCUT2D eigenvalue weighted by molar-refractivity contribution is 9.10. The Labute approximate surface area is 222 Å². The van der Waals surface area contributed by atoms with Gasteiger partial charge >= 0.3 is 0 Å². The third kappa shape index (κ3) is 7.82. The minimum Gasteiger partial charge on any atom is -0.488 e. The van der Waals surface area contributed by atoms with Gasteiger partial charge in [-0.15, -0.1) is 0 Å². The molecule has 3 aromatic rings. The monoisotopic (exact) mass is 575 g/mol. The van der Waals surface area contributed by atoms with Gasteiger partial charge in [-0.1, -0.05) is 55.2 Å². The van der Waals surface area contributed by atoms with Crippen molar-refractivity contribution in [2.45, 2.75) is 26.5 Å². The van der Waals surface area contributed by atoms with Crippen molar-refractivity contribution in [3.63, 3.8) is 0 Å². The van der Waals surface area contributed by atoms with Gasteiger partial charge in [-0.3, -0.25) is 9.59 Å². The summed E-state index contributed by atoms with van der Waals surface area (Å²) in [6.45, 7) is 4.02. The highest BCUT2D eigenvalue weighted by atomic mass is 79.9. The van der Waals surface area contributed by atoms with Crippen LogP contribution in [0.25, 0.3) is 0 Å². The molecule has 0 aliphatic rings. The van der Waals surface area contributed by atoms with E-state index in [0.717, 1.165) is 15.6 Å². The van der Waals surface area contributed by atoms with Gasteiger partial charge in [-0.25, -0.2) is 5.43 Å². The van der Waals surface area contributed by atoms with Crippen LogP contribution in [-0.4, -0.2) is 24.1 Å². The van der Waals surface area contributed by atoms with Gasteiger partial charge in [0.1, 0.15) is 18.4 Å². The molecule has 35 heavy (non-hydrogen) atoms. The number of hydrogen-bond donors (Lipinski definition) is 2. The van der Waals surface area contributed by atoms with E-state index in [1.807, 2.05) is 50.2 Å². The fourth-order valence-corrected chi connectivity index (χ4v) is 3.91. The third-order valence-electron chi connectivity index (χ3n) is 5.03. The molecule has 0 aromatic heterocycles. The normalized spacial score (nSPS) is 11.9. The lowest BCUT2D eigenvalue weighted by Gasteiger charge is -2.20. The van der Waals surface area contributed by atoms with Crippen molar-refractivity contribution in [2.24, 2.45) is 11.0 Å². The van der Waals surface area contributed by atoms with Crippen molar-refractivity contribution >= 4 is 57.2 Å². The summed E-state index contributed by atoms with van der Waals surface area (Å²) in [5.74, 6) is -0.283. The molecular weight excluding hydrogens is 553 g/mol. The third-order valence-corrected chi connectivity index (χ3v) is 6.27. The van der Waals surface area contributed by atoms with Gasteiger partial charge in [0, 0.05) is 21.2 Å². The first-order chi connectivity index (χ1) is 16.7. The molecule has 0 aliphatic heterocycles. The highest BCUT2D eigenvalue weighted by Crippen LogP contribution is 2.27. The molecule has 6 nitrogen and oxygen atoms in total. The van der Waals surface area contributed by atoms with E-state index in [-0.39, 0.29) is 11.8 Å². The first-order valence-electron chi connectivity index (χ1n) is 10.8. The Morgan fingerprint density at radius 2 is 1.77 bits per heavy atom. The number of amides is 2. The van der Waals surface area contributed by atoms with E-state index >= 15 is 0 Å². The Morgan fingerprint density at radius 1 is 1.06 bits per heavy atom. The van der Waals surface area contributed by atoms with Crippen molar-refractivity contribution in [1.82, 2.24) is 10.7 Å². The summed E-state index contributed by atoms with van der Waals surface area (Å²) in [6.07, 6.45) is 1.51. The van der Waals surface area contributed by atoms with Gasteiger partial charge in [0.25, 0.3) is 11.8 Å². The van der Waals surface area contributed by atoms with Crippen LogP contribution in [0.15, 0.2) is 76.3 Å². The average molecular weight is 577 g/mol. The second-order valence-electron chi connectivity index (χ2n) is 8.01. The number of hydrazone groups is 1. The quantitative estimate of drug-likeness (QED) is 0.234. The Morgan fingerprint density at radius 3 is 2.43 bits per heavy atom. The Hall–Kier alpha value is -2.87. The number of halogens is 3. The van der Waals surface area contributed by atoms with Crippen LogP contribution in [0.1, 0.15) is 35.3 Å². The van der Waals surface area contributed by atoms with Crippen molar-refractivity contribution in [2.75, 3.05) is 0 Å². The summed E-state index contributed by atoms with van der Waals surface area (Å²) in [7, 11) is 0. The zero-order valence-corrected chi connectivity index (χ0v) is 22.2. The van der Waals surface area contributed by atoms with E-state index in [9.17, 15) is 9.59 Å². The predicted molar refractivity (Wildman–Crippen MR) is 143 cm³/mol. The molecule has 182 valence electrons. The molecule has 0 spiro atoms.